The SMILES string of the molecule is CSC(C)/N=C\N=C1\C=CNC1. The summed E-state index contributed by atoms with van der Waals surface area (Å²) in [5.41, 5.74) is 1.03. The van der Waals surface area contributed by atoms with Crippen LogP contribution in [0.25, 0.3) is 0 Å². The molecule has 0 spiro atoms. The molecule has 1 heterocycles. The molecule has 0 radical (unpaired) electrons. The van der Waals surface area contributed by atoms with E-state index in [0.717, 1.165) is 12.3 Å². The standard InChI is InChI=1S/C8H13N3S/c1-7(12-2)10-6-11-8-3-4-9-5-8/h3-4,6-7,9H,5H2,1-2H3/b10-6-,11-8-. The van der Waals surface area contributed by atoms with E-state index in [-0.39, 0.29) is 0 Å². The molecule has 1 aliphatic rings. The van der Waals surface area contributed by atoms with Crippen LogP contribution in [0.15, 0.2) is 22.3 Å². The number of nitrogens with zero attached hydrogens (tertiary/aromatic N) is 2. The van der Waals surface area contributed by atoms with Gasteiger partial charge in [-0.25, -0.2) is 4.99 Å². The van der Waals surface area contributed by atoms with E-state index in [1.54, 1.807) is 18.1 Å². The third kappa shape index (κ3) is 3.09. The quantitative estimate of drug-likeness (QED) is 0.528. The van der Waals surface area contributed by atoms with E-state index in [0.29, 0.717) is 5.37 Å². The fraction of sp³-hybridized carbons (Fsp3) is 0.500. The van der Waals surface area contributed by atoms with Crippen LogP contribution in [-0.4, -0.2) is 30.2 Å². The van der Waals surface area contributed by atoms with Crippen molar-refractivity contribution in [2.45, 2.75) is 12.3 Å². The average molecular weight is 183 g/mol. The maximum atomic E-state index is 4.19. The van der Waals surface area contributed by atoms with E-state index in [4.69, 9.17) is 0 Å². The van der Waals surface area contributed by atoms with E-state index in [2.05, 4.69) is 15.3 Å². The molecule has 4 heteroatoms. The molecule has 1 aliphatic heterocycles. The van der Waals surface area contributed by atoms with Crippen molar-refractivity contribution >= 4 is 23.8 Å². The number of hydrogen-bond acceptors (Lipinski definition) is 3. The van der Waals surface area contributed by atoms with Gasteiger partial charge in [-0.15, -0.1) is 11.8 Å². The first kappa shape index (κ1) is 9.32. The van der Waals surface area contributed by atoms with Crippen LogP contribution in [0.4, 0.5) is 0 Å². The van der Waals surface area contributed by atoms with Gasteiger partial charge >= 0.3 is 0 Å². The first-order valence-corrected chi connectivity index (χ1v) is 5.13. The smallest absolute Gasteiger partial charge is 0.111 e. The Balaban J connectivity index is 2.36. The first-order chi connectivity index (χ1) is 5.83. The predicted octanol–water partition coefficient (Wildman–Crippen LogP) is 1.28. The number of hydrogen-bond donors (Lipinski definition) is 1. The minimum absolute atomic E-state index is 0.299. The maximum absolute atomic E-state index is 4.19. The van der Waals surface area contributed by atoms with E-state index in [9.17, 15) is 0 Å². The molecule has 0 saturated heterocycles. The monoisotopic (exact) mass is 183 g/mol. The zero-order valence-corrected chi connectivity index (χ0v) is 8.14. The highest BCUT2D eigenvalue weighted by Gasteiger charge is 1.97. The Labute approximate surface area is 77.1 Å². The Hall–Kier alpha value is -0.770. The van der Waals surface area contributed by atoms with Crippen molar-refractivity contribution in [1.29, 1.82) is 0 Å². The highest BCUT2D eigenvalue weighted by Crippen LogP contribution is 2.04. The zero-order valence-electron chi connectivity index (χ0n) is 7.32. The van der Waals surface area contributed by atoms with Crippen LogP contribution < -0.4 is 5.32 Å². The summed E-state index contributed by atoms with van der Waals surface area (Å²) in [5.74, 6) is 0. The van der Waals surface area contributed by atoms with Crippen molar-refractivity contribution in [2.24, 2.45) is 9.98 Å². The van der Waals surface area contributed by atoms with E-state index in [1.165, 1.54) is 0 Å². The van der Waals surface area contributed by atoms with Crippen molar-refractivity contribution in [2.75, 3.05) is 12.8 Å². The molecule has 0 aromatic rings. The lowest BCUT2D eigenvalue weighted by atomic mass is 10.4. The molecule has 1 N–H and O–H groups in total. The summed E-state index contributed by atoms with van der Waals surface area (Å²) < 4.78 is 0. The second kappa shape index (κ2) is 4.98. The first-order valence-electron chi connectivity index (χ1n) is 3.84. The van der Waals surface area contributed by atoms with E-state index in [1.807, 2.05) is 25.5 Å². The molecular formula is C8H13N3S. The Bertz CT molecular complexity index is 220. The predicted molar refractivity (Wildman–Crippen MR) is 56.0 cm³/mol. The minimum Gasteiger partial charge on any atom is -0.385 e. The van der Waals surface area contributed by atoms with Crippen LogP contribution in [0.2, 0.25) is 0 Å². The van der Waals surface area contributed by atoms with Crippen LogP contribution >= 0.6 is 11.8 Å². The van der Waals surface area contributed by atoms with Gasteiger partial charge in [0.1, 0.15) is 6.34 Å². The molecule has 66 valence electrons. The third-order valence-corrected chi connectivity index (χ3v) is 2.32. The van der Waals surface area contributed by atoms with Gasteiger partial charge in [0.2, 0.25) is 0 Å². The summed E-state index contributed by atoms with van der Waals surface area (Å²) in [6, 6.07) is 0. The van der Waals surface area contributed by atoms with Gasteiger partial charge in [0.05, 0.1) is 17.6 Å². The fourth-order valence-electron chi connectivity index (χ4n) is 0.728. The molecule has 3 nitrogen and oxygen atoms in total. The molecule has 12 heavy (non-hydrogen) atoms. The maximum Gasteiger partial charge on any atom is 0.111 e. The molecule has 1 unspecified atom stereocenters. The highest BCUT2D eigenvalue weighted by atomic mass is 32.2. The summed E-state index contributed by atoms with van der Waals surface area (Å²) in [4.78, 5) is 8.37. The van der Waals surface area contributed by atoms with Crippen molar-refractivity contribution in [3.05, 3.63) is 12.3 Å². The second-order valence-electron chi connectivity index (χ2n) is 2.43. The summed E-state index contributed by atoms with van der Waals surface area (Å²) in [5, 5.41) is 3.35. The molecule has 0 aromatic heterocycles. The van der Waals surface area contributed by atoms with Gasteiger partial charge in [-0.2, -0.15) is 0 Å². The van der Waals surface area contributed by atoms with Crippen LogP contribution in [0.5, 0.6) is 0 Å². The molecule has 0 bridgehead atoms. The van der Waals surface area contributed by atoms with Gasteiger partial charge in [-0.1, -0.05) is 0 Å². The van der Waals surface area contributed by atoms with Crippen LogP contribution in [0.3, 0.4) is 0 Å². The van der Waals surface area contributed by atoms with Gasteiger partial charge in [0, 0.05) is 0 Å². The number of rotatable bonds is 3. The van der Waals surface area contributed by atoms with Crippen LogP contribution in [0.1, 0.15) is 6.92 Å². The Morgan fingerprint density at radius 2 is 2.58 bits per heavy atom. The molecule has 0 amide bonds. The Kier molecular flexibility index (Phi) is 3.87. The van der Waals surface area contributed by atoms with Gasteiger partial charge in [0.15, 0.2) is 0 Å². The summed E-state index contributed by atoms with van der Waals surface area (Å²) in [6.45, 7) is 2.86. The lowest BCUT2D eigenvalue weighted by Crippen LogP contribution is -2.07. The number of aliphatic imine (C=N–C) groups is 2. The van der Waals surface area contributed by atoms with Gasteiger partial charge in [-0.3, -0.25) is 4.99 Å². The Morgan fingerprint density at radius 3 is 3.17 bits per heavy atom. The normalized spacial score (nSPS) is 22.0. The van der Waals surface area contributed by atoms with Gasteiger partial charge < -0.3 is 5.32 Å². The molecule has 0 fully saturated rings. The molecule has 0 aromatic carbocycles. The second-order valence-corrected chi connectivity index (χ2v) is 3.59. The largest absolute Gasteiger partial charge is 0.385 e. The summed E-state index contributed by atoms with van der Waals surface area (Å²) >= 11 is 1.71. The van der Waals surface area contributed by atoms with Gasteiger partial charge in [-0.05, 0) is 25.5 Å². The van der Waals surface area contributed by atoms with Gasteiger partial charge in [0.25, 0.3) is 0 Å². The van der Waals surface area contributed by atoms with Crippen LogP contribution in [-0.2, 0) is 0 Å². The summed E-state index contributed by atoms with van der Waals surface area (Å²) in [7, 11) is 0. The molecule has 1 atom stereocenters. The van der Waals surface area contributed by atoms with Crippen LogP contribution in [0, 0.1) is 0 Å². The summed E-state index contributed by atoms with van der Waals surface area (Å²) in [6.07, 6.45) is 7.51. The number of nitrogens with one attached hydrogen (secondary N) is 1. The zero-order chi connectivity index (χ0) is 8.81. The minimum atomic E-state index is 0.299. The molecule has 0 aliphatic carbocycles. The molecule has 0 saturated carbocycles. The number of thioether (sulfide) groups is 1. The lowest BCUT2D eigenvalue weighted by molar-refractivity contribution is 1.05. The highest BCUT2D eigenvalue weighted by molar-refractivity contribution is 7.99. The molecule has 1 rings (SSSR count). The fourth-order valence-corrected chi connectivity index (χ4v) is 0.905. The van der Waals surface area contributed by atoms with Crippen molar-refractivity contribution in [3.8, 4) is 0 Å². The average Bonchev–Trinajstić information content (AvgIpc) is 2.57. The van der Waals surface area contributed by atoms with Crippen molar-refractivity contribution in [3.63, 3.8) is 0 Å². The van der Waals surface area contributed by atoms with Crippen molar-refractivity contribution < 1.29 is 0 Å². The third-order valence-electron chi connectivity index (χ3n) is 1.52. The molecular weight excluding hydrogens is 170 g/mol. The van der Waals surface area contributed by atoms with Crippen molar-refractivity contribution in [1.82, 2.24) is 5.32 Å². The van der Waals surface area contributed by atoms with E-state index >= 15 is 0 Å². The Morgan fingerprint density at radius 1 is 1.75 bits per heavy atom. The lowest BCUT2D eigenvalue weighted by Gasteiger charge is -1.97. The topological polar surface area (TPSA) is 36.8 Å². The van der Waals surface area contributed by atoms with E-state index < -0.39 is 0 Å².